The topological polar surface area (TPSA) is 74.2 Å². The van der Waals surface area contributed by atoms with Crippen LogP contribution in [-0.2, 0) is 6.42 Å². The fourth-order valence-corrected chi connectivity index (χ4v) is 3.30. The van der Waals surface area contributed by atoms with Crippen molar-refractivity contribution in [1.29, 1.82) is 5.26 Å². The van der Waals surface area contributed by atoms with E-state index in [-0.39, 0.29) is 11.0 Å². The van der Waals surface area contributed by atoms with Crippen LogP contribution in [-0.4, -0.2) is 17.6 Å². The van der Waals surface area contributed by atoms with Crippen LogP contribution in [0.3, 0.4) is 0 Å². The SMILES string of the molecule is N#Cc1cccc(NC(=S)NC(=O)c2cc(Br)ccc2OCCc2ccccc2)c1. The number of benzene rings is 3. The zero-order chi connectivity index (χ0) is 21.3. The minimum Gasteiger partial charge on any atom is -0.492 e. The lowest BCUT2D eigenvalue weighted by atomic mass is 10.1. The highest BCUT2D eigenvalue weighted by Crippen LogP contribution is 2.23. The van der Waals surface area contributed by atoms with Gasteiger partial charge in [0.25, 0.3) is 5.91 Å². The highest BCUT2D eigenvalue weighted by molar-refractivity contribution is 9.10. The second-order valence-corrected chi connectivity index (χ2v) is 7.65. The third-order valence-electron chi connectivity index (χ3n) is 4.15. The van der Waals surface area contributed by atoms with Gasteiger partial charge in [-0.2, -0.15) is 5.26 Å². The molecule has 0 radical (unpaired) electrons. The van der Waals surface area contributed by atoms with Crippen molar-refractivity contribution in [2.24, 2.45) is 0 Å². The average molecular weight is 480 g/mol. The number of nitrogens with one attached hydrogen (secondary N) is 2. The van der Waals surface area contributed by atoms with Crippen LogP contribution in [0.2, 0.25) is 0 Å². The van der Waals surface area contributed by atoms with E-state index in [0.29, 0.717) is 29.2 Å². The van der Waals surface area contributed by atoms with Gasteiger partial charge >= 0.3 is 0 Å². The standard InChI is InChI=1S/C23H18BrN3O2S/c24-18-9-10-21(29-12-11-16-5-2-1-3-6-16)20(14-18)22(28)27-23(30)26-19-8-4-7-17(13-19)15-25/h1-10,13-14H,11-12H2,(H2,26,27,28,30). The molecule has 3 aromatic carbocycles. The van der Waals surface area contributed by atoms with E-state index < -0.39 is 0 Å². The summed E-state index contributed by atoms with van der Waals surface area (Å²) in [6.07, 6.45) is 0.729. The third-order valence-corrected chi connectivity index (χ3v) is 4.85. The molecule has 0 atom stereocenters. The van der Waals surface area contributed by atoms with Crippen molar-refractivity contribution in [2.45, 2.75) is 6.42 Å². The maximum atomic E-state index is 12.8. The van der Waals surface area contributed by atoms with E-state index in [1.165, 1.54) is 0 Å². The van der Waals surface area contributed by atoms with Crippen LogP contribution in [0.4, 0.5) is 5.69 Å². The first-order valence-corrected chi connectivity index (χ1v) is 10.3. The highest BCUT2D eigenvalue weighted by Gasteiger charge is 2.15. The zero-order valence-electron chi connectivity index (χ0n) is 15.9. The average Bonchev–Trinajstić information content (AvgIpc) is 2.75. The smallest absolute Gasteiger partial charge is 0.261 e. The molecule has 1 amide bonds. The van der Waals surface area contributed by atoms with E-state index in [0.717, 1.165) is 16.5 Å². The number of thiocarbonyl (C=S) groups is 1. The Labute approximate surface area is 188 Å². The van der Waals surface area contributed by atoms with Gasteiger partial charge in [-0.1, -0.05) is 52.3 Å². The van der Waals surface area contributed by atoms with E-state index in [2.05, 4.69) is 32.6 Å². The maximum absolute atomic E-state index is 12.8. The van der Waals surface area contributed by atoms with Crippen LogP contribution in [0.5, 0.6) is 5.75 Å². The second-order valence-electron chi connectivity index (χ2n) is 6.33. The van der Waals surface area contributed by atoms with Crippen LogP contribution in [0, 0.1) is 11.3 Å². The van der Waals surface area contributed by atoms with Crippen LogP contribution < -0.4 is 15.4 Å². The molecule has 2 N–H and O–H groups in total. The number of ether oxygens (including phenoxy) is 1. The monoisotopic (exact) mass is 479 g/mol. The molecule has 0 aliphatic heterocycles. The molecule has 0 aliphatic carbocycles. The Kier molecular flexibility index (Phi) is 7.55. The number of carbonyl (C=O) groups is 1. The summed E-state index contributed by atoms with van der Waals surface area (Å²) in [4.78, 5) is 12.8. The van der Waals surface area contributed by atoms with Crippen molar-refractivity contribution < 1.29 is 9.53 Å². The lowest BCUT2D eigenvalue weighted by molar-refractivity contribution is 0.0973. The molecule has 5 nitrogen and oxygen atoms in total. The molecule has 3 rings (SSSR count). The van der Waals surface area contributed by atoms with Crippen molar-refractivity contribution >= 4 is 44.9 Å². The third kappa shape index (κ3) is 6.14. The van der Waals surface area contributed by atoms with E-state index in [1.807, 2.05) is 36.4 Å². The van der Waals surface area contributed by atoms with Crippen molar-refractivity contribution in [1.82, 2.24) is 5.32 Å². The van der Waals surface area contributed by atoms with Crippen LogP contribution >= 0.6 is 28.1 Å². The van der Waals surface area contributed by atoms with Gasteiger partial charge in [0.2, 0.25) is 0 Å². The number of nitriles is 1. The molecule has 30 heavy (non-hydrogen) atoms. The molecule has 0 aliphatic rings. The van der Waals surface area contributed by atoms with Crippen molar-refractivity contribution in [2.75, 3.05) is 11.9 Å². The second kappa shape index (κ2) is 10.5. The summed E-state index contributed by atoms with van der Waals surface area (Å²) in [5, 5.41) is 14.7. The lowest BCUT2D eigenvalue weighted by Crippen LogP contribution is -2.34. The molecule has 0 unspecified atom stereocenters. The van der Waals surface area contributed by atoms with Gasteiger partial charge in [0.15, 0.2) is 5.11 Å². The van der Waals surface area contributed by atoms with Crippen molar-refractivity contribution in [3.63, 3.8) is 0 Å². The Morgan fingerprint density at radius 2 is 1.87 bits per heavy atom. The molecule has 3 aromatic rings. The van der Waals surface area contributed by atoms with Crippen molar-refractivity contribution in [3.8, 4) is 11.8 Å². The molecule has 7 heteroatoms. The summed E-state index contributed by atoms with van der Waals surface area (Å²) in [7, 11) is 0. The summed E-state index contributed by atoms with van der Waals surface area (Å²) in [5.41, 5.74) is 2.64. The number of nitrogens with zero attached hydrogens (tertiary/aromatic N) is 1. The largest absolute Gasteiger partial charge is 0.492 e. The minimum absolute atomic E-state index is 0.130. The highest BCUT2D eigenvalue weighted by atomic mass is 79.9. The summed E-state index contributed by atoms with van der Waals surface area (Å²) >= 11 is 8.63. The first kappa shape index (κ1) is 21.5. The lowest BCUT2D eigenvalue weighted by Gasteiger charge is -2.14. The van der Waals surface area contributed by atoms with Gasteiger partial charge in [-0.3, -0.25) is 10.1 Å². The van der Waals surface area contributed by atoms with E-state index in [9.17, 15) is 4.79 Å². The Balaban J connectivity index is 1.64. The van der Waals surface area contributed by atoms with Gasteiger partial charge in [0, 0.05) is 16.6 Å². The summed E-state index contributed by atoms with van der Waals surface area (Å²) in [6.45, 7) is 0.440. The predicted molar refractivity (Wildman–Crippen MR) is 125 cm³/mol. The number of halogens is 1. The Bertz CT molecular complexity index is 1100. The van der Waals surface area contributed by atoms with Gasteiger partial charge in [0.05, 0.1) is 23.8 Å². The quantitative estimate of drug-likeness (QED) is 0.482. The molecule has 0 saturated carbocycles. The zero-order valence-corrected chi connectivity index (χ0v) is 18.3. The molecular weight excluding hydrogens is 462 g/mol. The van der Waals surface area contributed by atoms with Gasteiger partial charge in [-0.15, -0.1) is 0 Å². The van der Waals surface area contributed by atoms with Gasteiger partial charge in [-0.25, -0.2) is 0 Å². The minimum atomic E-state index is -0.389. The first-order valence-electron chi connectivity index (χ1n) is 9.14. The van der Waals surface area contributed by atoms with Crippen LogP contribution in [0.1, 0.15) is 21.5 Å². The predicted octanol–water partition coefficient (Wildman–Crippen LogP) is 5.07. The fourth-order valence-electron chi connectivity index (χ4n) is 2.73. The Morgan fingerprint density at radius 3 is 2.63 bits per heavy atom. The summed E-state index contributed by atoms with van der Waals surface area (Å²) in [5.74, 6) is 0.0841. The van der Waals surface area contributed by atoms with Crippen molar-refractivity contribution in [3.05, 3.63) is 94.0 Å². The number of anilines is 1. The number of hydrogen-bond donors (Lipinski definition) is 2. The number of amides is 1. The van der Waals surface area contributed by atoms with Gasteiger partial charge in [-0.05, 0) is 54.2 Å². The molecule has 0 spiro atoms. The normalized spacial score (nSPS) is 10.0. The Morgan fingerprint density at radius 1 is 1.07 bits per heavy atom. The molecule has 0 bridgehead atoms. The number of hydrogen-bond acceptors (Lipinski definition) is 4. The molecule has 0 fully saturated rings. The molecule has 0 heterocycles. The molecule has 0 saturated heterocycles. The first-order chi connectivity index (χ1) is 14.5. The maximum Gasteiger partial charge on any atom is 0.261 e. The molecule has 0 aromatic heterocycles. The summed E-state index contributed by atoms with van der Waals surface area (Å²) in [6, 6.07) is 24.1. The van der Waals surface area contributed by atoms with Crippen LogP contribution in [0.25, 0.3) is 0 Å². The van der Waals surface area contributed by atoms with E-state index in [4.69, 9.17) is 22.2 Å². The van der Waals surface area contributed by atoms with E-state index >= 15 is 0 Å². The Hall–Kier alpha value is -3.21. The molecular formula is C23H18BrN3O2S. The van der Waals surface area contributed by atoms with Gasteiger partial charge < -0.3 is 10.1 Å². The summed E-state index contributed by atoms with van der Waals surface area (Å²) < 4.78 is 6.62. The molecule has 150 valence electrons. The van der Waals surface area contributed by atoms with Gasteiger partial charge in [0.1, 0.15) is 5.75 Å². The van der Waals surface area contributed by atoms with Crippen LogP contribution in [0.15, 0.2) is 77.3 Å². The van der Waals surface area contributed by atoms with E-state index in [1.54, 1.807) is 36.4 Å². The fraction of sp³-hybridized carbons (Fsp3) is 0.0870. The number of carbonyl (C=O) groups excluding carboxylic acids is 1. The number of rotatable bonds is 6.